The van der Waals surface area contributed by atoms with E-state index in [0.717, 1.165) is 17.2 Å². The Balaban J connectivity index is 1.88. The van der Waals surface area contributed by atoms with E-state index in [4.69, 9.17) is 0 Å². The van der Waals surface area contributed by atoms with E-state index in [-0.39, 0.29) is 0 Å². The van der Waals surface area contributed by atoms with E-state index in [1.54, 1.807) is 22.7 Å². The summed E-state index contributed by atoms with van der Waals surface area (Å²) in [6, 6.07) is 0.292. The van der Waals surface area contributed by atoms with Gasteiger partial charge in [0.25, 0.3) is 0 Å². The SMILES string of the molecule is Cc1cnc(CNC(C)c2cscn2)s1. The molecule has 0 saturated carbocycles. The minimum absolute atomic E-state index is 0.292. The number of hydrogen-bond donors (Lipinski definition) is 1. The van der Waals surface area contributed by atoms with Gasteiger partial charge in [-0.15, -0.1) is 22.7 Å². The third-order valence-corrected chi connectivity index (χ3v) is 3.64. The molecule has 0 radical (unpaired) electrons. The lowest BCUT2D eigenvalue weighted by molar-refractivity contribution is 0.563. The van der Waals surface area contributed by atoms with Crippen LogP contribution in [-0.2, 0) is 6.54 Å². The summed E-state index contributed by atoms with van der Waals surface area (Å²) >= 11 is 3.37. The van der Waals surface area contributed by atoms with Crippen molar-refractivity contribution in [2.75, 3.05) is 0 Å². The van der Waals surface area contributed by atoms with Crippen LogP contribution in [0.15, 0.2) is 17.1 Å². The first-order chi connectivity index (χ1) is 7.25. The molecule has 0 aliphatic carbocycles. The average Bonchev–Trinajstić information content (AvgIpc) is 2.84. The van der Waals surface area contributed by atoms with Crippen molar-refractivity contribution in [3.8, 4) is 0 Å². The summed E-state index contributed by atoms with van der Waals surface area (Å²) in [7, 11) is 0. The van der Waals surface area contributed by atoms with Crippen LogP contribution in [0.25, 0.3) is 0 Å². The van der Waals surface area contributed by atoms with Crippen LogP contribution in [0.5, 0.6) is 0 Å². The molecule has 0 aliphatic rings. The van der Waals surface area contributed by atoms with Crippen molar-refractivity contribution in [3.05, 3.63) is 32.7 Å². The Kier molecular flexibility index (Phi) is 3.45. The van der Waals surface area contributed by atoms with Crippen LogP contribution >= 0.6 is 22.7 Å². The molecule has 0 spiro atoms. The van der Waals surface area contributed by atoms with Gasteiger partial charge in [0.1, 0.15) is 5.01 Å². The first-order valence-electron chi connectivity index (χ1n) is 4.78. The highest BCUT2D eigenvalue weighted by molar-refractivity contribution is 7.11. The largest absolute Gasteiger partial charge is 0.302 e. The predicted molar refractivity (Wildman–Crippen MR) is 64.2 cm³/mol. The molecule has 2 heterocycles. The maximum Gasteiger partial charge on any atom is 0.107 e. The number of rotatable bonds is 4. The van der Waals surface area contributed by atoms with Crippen LogP contribution < -0.4 is 5.32 Å². The second-order valence-corrected chi connectivity index (χ2v) is 5.42. The zero-order valence-electron chi connectivity index (χ0n) is 8.73. The molecule has 0 saturated heterocycles. The van der Waals surface area contributed by atoms with Gasteiger partial charge < -0.3 is 5.32 Å². The summed E-state index contributed by atoms with van der Waals surface area (Å²) in [6.07, 6.45) is 1.91. The highest BCUT2D eigenvalue weighted by atomic mass is 32.1. The number of thiazole rings is 2. The molecule has 0 bridgehead atoms. The Morgan fingerprint density at radius 1 is 1.47 bits per heavy atom. The quantitative estimate of drug-likeness (QED) is 0.891. The van der Waals surface area contributed by atoms with Crippen LogP contribution in [-0.4, -0.2) is 9.97 Å². The van der Waals surface area contributed by atoms with Crippen molar-refractivity contribution in [2.24, 2.45) is 0 Å². The molecule has 1 atom stereocenters. The Morgan fingerprint density at radius 2 is 2.33 bits per heavy atom. The summed E-state index contributed by atoms with van der Waals surface area (Å²) in [4.78, 5) is 9.84. The smallest absolute Gasteiger partial charge is 0.107 e. The van der Waals surface area contributed by atoms with Crippen molar-refractivity contribution in [2.45, 2.75) is 26.4 Å². The van der Waals surface area contributed by atoms with E-state index in [2.05, 4.69) is 34.5 Å². The van der Waals surface area contributed by atoms with E-state index in [1.165, 1.54) is 4.88 Å². The molecule has 5 heteroatoms. The van der Waals surface area contributed by atoms with Gasteiger partial charge in [-0.05, 0) is 13.8 Å². The van der Waals surface area contributed by atoms with Gasteiger partial charge in [0.05, 0.1) is 11.2 Å². The Bertz CT molecular complexity index is 408. The standard InChI is InChI=1S/C10H13N3S2/c1-7-3-12-10(15-7)4-11-8(2)9-5-14-6-13-9/h3,5-6,8,11H,4H2,1-2H3. The maximum atomic E-state index is 4.31. The normalized spacial score (nSPS) is 12.9. The lowest BCUT2D eigenvalue weighted by atomic mass is 10.2. The van der Waals surface area contributed by atoms with Crippen LogP contribution in [0.2, 0.25) is 0 Å². The Labute approximate surface area is 97.2 Å². The van der Waals surface area contributed by atoms with E-state index >= 15 is 0 Å². The lowest BCUT2D eigenvalue weighted by Crippen LogP contribution is -2.18. The molecule has 2 aromatic heterocycles. The van der Waals surface area contributed by atoms with Gasteiger partial charge >= 0.3 is 0 Å². The number of aromatic nitrogens is 2. The number of nitrogens with zero attached hydrogens (tertiary/aromatic N) is 2. The van der Waals surface area contributed by atoms with Crippen LogP contribution in [0.1, 0.15) is 28.5 Å². The monoisotopic (exact) mass is 239 g/mol. The second kappa shape index (κ2) is 4.83. The first-order valence-corrected chi connectivity index (χ1v) is 6.54. The molecule has 0 aromatic carbocycles. The van der Waals surface area contributed by atoms with E-state index in [1.807, 2.05) is 11.7 Å². The zero-order valence-corrected chi connectivity index (χ0v) is 10.4. The van der Waals surface area contributed by atoms with Gasteiger partial charge in [0.15, 0.2) is 0 Å². The third-order valence-electron chi connectivity index (χ3n) is 2.12. The van der Waals surface area contributed by atoms with E-state index < -0.39 is 0 Å². The van der Waals surface area contributed by atoms with Gasteiger partial charge in [-0.3, -0.25) is 0 Å². The van der Waals surface area contributed by atoms with Crippen molar-refractivity contribution in [1.82, 2.24) is 15.3 Å². The van der Waals surface area contributed by atoms with E-state index in [9.17, 15) is 0 Å². The molecule has 0 fully saturated rings. The molecular weight excluding hydrogens is 226 g/mol. The van der Waals surface area contributed by atoms with Crippen LogP contribution in [0.3, 0.4) is 0 Å². The molecule has 2 aromatic rings. The van der Waals surface area contributed by atoms with Gasteiger partial charge in [0.2, 0.25) is 0 Å². The molecule has 80 valence electrons. The fourth-order valence-corrected chi connectivity index (χ4v) is 2.65. The van der Waals surface area contributed by atoms with Crippen LogP contribution in [0.4, 0.5) is 0 Å². The topological polar surface area (TPSA) is 37.8 Å². The fraction of sp³-hybridized carbons (Fsp3) is 0.400. The van der Waals surface area contributed by atoms with Gasteiger partial charge in [0, 0.05) is 29.0 Å². The predicted octanol–water partition coefficient (Wildman–Crippen LogP) is 2.76. The summed E-state index contributed by atoms with van der Waals surface area (Å²) in [6.45, 7) is 5.01. The lowest BCUT2D eigenvalue weighted by Gasteiger charge is -2.09. The summed E-state index contributed by atoms with van der Waals surface area (Å²) in [5, 5.41) is 6.61. The molecule has 15 heavy (non-hydrogen) atoms. The second-order valence-electron chi connectivity index (χ2n) is 3.38. The zero-order chi connectivity index (χ0) is 10.7. The minimum atomic E-state index is 0.292. The number of hydrogen-bond acceptors (Lipinski definition) is 5. The molecule has 2 rings (SSSR count). The first kappa shape index (κ1) is 10.7. The molecule has 1 N–H and O–H groups in total. The maximum absolute atomic E-state index is 4.31. The molecule has 0 aliphatic heterocycles. The Morgan fingerprint density at radius 3 is 2.93 bits per heavy atom. The number of nitrogens with one attached hydrogen (secondary N) is 1. The van der Waals surface area contributed by atoms with Crippen molar-refractivity contribution in [1.29, 1.82) is 0 Å². The molecule has 3 nitrogen and oxygen atoms in total. The van der Waals surface area contributed by atoms with Crippen molar-refractivity contribution >= 4 is 22.7 Å². The summed E-state index contributed by atoms with van der Waals surface area (Å²) in [5.74, 6) is 0. The molecule has 1 unspecified atom stereocenters. The molecular formula is C10H13N3S2. The van der Waals surface area contributed by atoms with Crippen LogP contribution in [0, 0.1) is 6.92 Å². The highest BCUT2D eigenvalue weighted by Gasteiger charge is 2.07. The Hall–Kier alpha value is -0.780. The minimum Gasteiger partial charge on any atom is -0.302 e. The van der Waals surface area contributed by atoms with Crippen molar-refractivity contribution in [3.63, 3.8) is 0 Å². The highest BCUT2D eigenvalue weighted by Crippen LogP contribution is 2.15. The number of aryl methyl sites for hydroxylation is 1. The van der Waals surface area contributed by atoms with Gasteiger partial charge in [-0.2, -0.15) is 0 Å². The third kappa shape index (κ3) is 2.84. The van der Waals surface area contributed by atoms with E-state index in [0.29, 0.717) is 6.04 Å². The fourth-order valence-electron chi connectivity index (χ4n) is 1.26. The summed E-state index contributed by atoms with van der Waals surface area (Å²) < 4.78 is 0. The van der Waals surface area contributed by atoms with Gasteiger partial charge in [-0.1, -0.05) is 0 Å². The molecule has 0 amide bonds. The average molecular weight is 239 g/mol. The van der Waals surface area contributed by atoms with Gasteiger partial charge in [-0.25, -0.2) is 9.97 Å². The van der Waals surface area contributed by atoms with Crippen molar-refractivity contribution < 1.29 is 0 Å². The summed E-state index contributed by atoms with van der Waals surface area (Å²) in [5.41, 5.74) is 2.97.